The maximum atomic E-state index is 11.4. The number of carbonyl (C=O) groups is 1. The minimum absolute atomic E-state index is 0.0698. The monoisotopic (exact) mass is 155 g/mol. The van der Waals surface area contributed by atoms with E-state index >= 15 is 0 Å². The van der Waals surface area contributed by atoms with Crippen LogP contribution in [0.5, 0.6) is 0 Å². The zero-order valence-corrected chi connectivity index (χ0v) is 7.55. The highest BCUT2D eigenvalue weighted by molar-refractivity contribution is 5.88. The molecular formula is C9H17NO. The van der Waals surface area contributed by atoms with Crippen molar-refractivity contribution in [2.24, 2.45) is 17.1 Å². The van der Waals surface area contributed by atoms with Crippen molar-refractivity contribution in [3.05, 3.63) is 0 Å². The summed E-state index contributed by atoms with van der Waals surface area (Å²) >= 11 is 0. The average Bonchev–Trinajstić information content (AvgIpc) is 2.63. The Morgan fingerprint density at radius 3 is 2.18 bits per heavy atom. The molecule has 1 aliphatic carbocycles. The van der Waals surface area contributed by atoms with Crippen LogP contribution in [0.2, 0.25) is 0 Å². The lowest BCUT2D eigenvalue weighted by atomic mass is 9.83. The van der Waals surface area contributed by atoms with Gasteiger partial charge in [-0.25, -0.2) is 0 Å². The number of Topliss-reactive ketones (excluding diaryl/α,β-unsaturated/α-hetero) is 1. The highest BCUT2D eigenvalue weighted by atomic mass is 16.1. The predicted molar refractivity (Wildman–Crippen MR) is 45.2 cm³/mol. The van der Waals surface area contributed by atoms with Crippen LogP contribution < -0.4 is 5.73 Å². The summed E-state index contributed by atoms with van der Waals surface area (Å²) in [6, 6.07) is -0.269. The summed E-state index contributed by atoms with van der Waals surface area (Å²) in [5.74, 6) is 0.557. The van der Waals surface area contributed by atoms with E-state index in [0.29, 0.717) is 5.92 Å². The summed E-state index contributed by atoms with van der Waals surface area (Å²) < 4.78 is 0. The Bertz CT molecular complexity index is 165. The van der Waals surface area contributed by atoms with Crippen LogP contribution in [0.15, 0.2) is 0 Å². The van der Waals surface area contributed by atoms with E-state index in [9.17, 15) is 4.79 Å². The molecule has 0 amide bonds. The average molecular weight is 155 g/mol. The van der Waals surface area contributed by atoms with Crippen LogP contribution in [-0.4, -0.2) is 11.8 Å². The van der Waals surface area contributed by atoms with Gasteiger partial charge in [-0.15, -0.1) is 0 Å². The fraction of sp³-hybridized carbons (Fsp3) is 0.889. The number of rotatable bonds is 2. The molecule has 1 aliphatic rings. The lowest BCUT2D eigenvalue weighted by Gasteiger charge is -2.25. The molecule has 0 aliphatic heterocycles. The van der Waals surface area contributed by atoms with E-state index in [0.717, 1.165) is 12.8 Å². The highest BCUT2D eigenvalue weighted by Gasteiger charge is 2.37. The fourth-order valence-electron chi connectivity index (χ4n) is 1.05. The van der Waals surface area contributed by atoms with E-state index in [1.807, 2.05) is 20.8 Å². The largest absolute Gasteiger partial charge is 0.321 e. The first-order valence-electron chi connectivity index (χ1n) is 4.22. The van der Waals surface area contributed by atoms with Gasteiger partial charge in [-0.1, -0.05) is 20.8 Å². The summed E-state index contributed by atoms with van der Waals surface area (Å²) in [6.45, 7) is 6.04. The van der Waals surface area contributed by atoms with Crippen LogP contribution in [0.25, 0.3) is 0 Å². The van der Waals surface area contributed by atoms with Gasteiger partial charge < -0.3 is 5.73 Å². The SMILES string of the molecule is CC(C)(C)C(N)C(=O)C1CC1. The van der Waals surface area contributed by atoms with Gasteiger partial charge in [0, 0.05) is 5.92 Å². The van der Waals surface area contributed by atoms with Gasteiger partial charge in [0.15, 0.2) is 5.78 Å². The quantitative estimate of drug-likeness (QED) is 0.654. The van der Waals surface area contributed by atoms with E-state index in [1.165, 1.54) is 0 Å². The summed E-state index contributed by atoms with van der Waals surface area (Å²) in [6.07, 6.45) is 2.12. The van der Waals surface area contributed by atoms with Crippen LogP contribution >= 0.6 is 0 Å². The first kappa shape index (κ1) is 8.72. The van der Waals surface area contributed by atoms with Gasteiger partial charge in [-0.2, -0.15) is 0 Å². The molecule has 0 saturated heterocycles. The summed E-state index contributed by atoms with van der Waals surface area (Å²) in [4.78, 5) is 11.4. The Balaban J connectivity index is 2.52. The minimum Gasteiger partial charge on any atom is -0.321 e. The first-order chi connectivity index (χ1) is 4.93. The summed E-state index contributed by atoms with van der Waals surface area (Å²) in [7, 11) is 0. The Labute approximate surface area is 68.2 Å². The molecule has 0 radical (unpaired) electrons. The minimum atomic E-state index is -0.269. The summed E-state index contributed by atoms with van der Waals surface area (Å²) in [5, 5.41) is 0. The molecule has 1 atom stereocenters. The fourth-order valence-corrected chi connectivity index (χ4v) is 1.05. The molecule has 0 aromatic heterocycles. The molecule has 1 rings (SSSR count). The van der Waals surface area contributed by atoms with Crippen molar-refractivity contribution in [2.45, 2.75) is 39.7 Å². The molecule has 1 saturated carbocycles. The second-order valence-corrected chi connectivity index (χ2v) is 4.52. The normalized spacial score (nSPS) is 21.5. The molecule has 2 N–H and O–H groups in total. The Kier molecular flexibility index (Phi) is 2.06. The zero-order valence-electron chi connectivity index (χ0n) is 7.55. The van der Waals surface area contributed by atoms with E-state index < -0.39 is 0 Å². The van der Waals surface area contributed by atoms with Crippen molar-refractivity contribution in [1.29, 1.82) is 0 Å². The molecule has 0 spiro atoms. The standard InChI is InChI=1S/C9H17NO/c1-9(2,3)8(10)7(11)6-4-5-6/h6,8H,4-5,10H2,1-3H3. The van der Waals surface area contributed by atoms with E-state index in [4.69, 9.17) is 5.73 Å². The molecule has 1 unspecified atom stereocenters. The molecule has 0 heterocycles. The van der Waals surface area contributed by atoms with Gasteiger partial charge in [0.1, 0.15) is 0 Å². The van der Waals surface area contributed by atoms with E-state index in [-0.39, 0.29) is 17.2 Å². The molecule has 64 valence electrons. The van der Waals surface area contributed by atoms with Crippen LogP contribution in [0, 0.1) is 11.3 Å². The summed E-state index contributed by atoms with van der Waals surface area (Å²) in [5.41, 5.74) is 5.72. The van der Waals surface area contributed by atoms with E-state index in [1.54, 1.807) is 0 Å². The molecule has 1 fully saturated rings. The van der Waals surface area contributed by atoms with Gasteiger partial charge in [0.2, 0.25) is 0 Å². The third-order valence-corrected chi connectivity index (χ3v) is 2.22. The molecular weight excluding hydrogens is 138 g/mol. The smallest absolute Gasteiger partial charge is 0.153 e. The predicted octanol–water partition coefficient (Wildman–Crippen LogP) is 1.34. The lowest BCUT2D eigenvalue weighted by Crippen LogP contribution is -2.43. The third-order valence-electron chi connectivity index (χ3n) is 2.22. The van der Waals surface area contributed by atoms with Gasteiger partial charge in [-0.3, -0.25) is 4.79 Å². The van der Waals surface area contributed by atoms with E-state index in [2.05, 4.69) is 0 Å². The van der Waals surface area contributed by atoms with Crippen molar-refractivity contribution < 1.29 is 4.79 Å². The Morgan fingerprint density at radius 1 is 1.45 bits per heavy atom. The molecule has 2 heteroatoms. The molecule has 0 aromatic carbocycles. The second-order valence-electron chi connectivity index (χ2n) is 4.52. The van der Waals surface area contributed by atoms with Crippen molar-refractivity contribution in [2.75, 3.05) is 0 Å². The topological polar surface area (TPSA) is 43.1 Å². The molecule has 11 heavy (non-hydrogen) atoms. The third kappa shape index (κ3) is 2.03. The van der Waals surface area contributed by atoms with Crippen molar-refractivity contribution in [3.8, 4) is 0 Å². The van der Waals surface area contributed by atoms with Crippen LogP contribution in [0.3, 0.4) is 0 Å². The van der Waals surface area contributed by atoms with Crippen LogP contribution in [-0.2, 0) is 4.79 Å². The Morgan fingerprint density at radius 2 is 1.91 bits per heavy atom. The number of nitrogens with two attached hydrogens (primary N) is 1. The number of carbonyl (C=O) groups excluding carboxylic acids is 1. The number of ketones is 1. The lowest BCUT2D eigenvalue weighted by molar-refractivity contribution is -0.123. The highest BCUT2D eigenvalue weighted by Crippen LogP contribution is 2.33. The van der Waals surface area contributed by atoms with Crippen molar-refractivity contribution in [3.63, 3.8) is 0 Å². The van der Waals surface area contributed by atoms with Gasteiger partial charge >= 0.3 is 0 Å². The molecule has 0 bridgehead atoms. The van der Waals surface area contributed by atoms with Gasteiger partial charge in [0.25, 0.3) is 0 Å². The molecule has 2 nitrogen and oxygen atoms in total. The van der Waals surface area contributed by atoms with Crippen molar-refractivity contribution in [1.82, 2.24) is 0 Å². The zero-order chi connectivity index (χ0) is 8.65. The maximum Gasteiger partial charge on any atom is 0.153 e. The second kappa shape index (κ2) is 2.59. The number of hydrogen-bond acceptors (Lipinski definition) is 2. The van der Waals surface area contributed by atoms with Gasteiger partial charge in [0.05, 0.1) is 6.04 Å². The molecule has 0 aromatic rings. The van der Waals surface area contributed by atoms with Crippen LogP contribution in [0.1, 0.15) is 33.6 Å². The Hall–Kier alpha value is -0.370. The van der Waals surface area contributed by atoms with Gasteiger partial charge in [-0.05, 0) is 18.3 Å². The van der Waals surface area contributed by atoms with Crippen molar-refractivity contribution >= 4 is 5.78 Å². The maximum absolute atomic E-state index is 11.4. The van der Waals surface area contributed by atoms with Crippen LogP contribution in [0.4, 0.5) is 0 Å². The number of hydrogen-bond donors (Lipinski definition) is 1. The first-order valence-corrected chi connectivity index (χ1v) is 4.22.